The van der Waals surface area contributed by atoms with Crippen LogP contribution < -0.4 is 19.8 Å². The molecule has 0 aliphatic carbocycles. The Bertz CT molecular complexity index is 987. The zero-order valence-electron chi connectivity index (χ0n) is 15.5. The van der Waals surface area contributed by atoms with Gasteiger partial charge in [0.2, 0.25) is 5.90 Å². The van der Waals surface area contributed by atoms with Gasteiger partial charge in [0.1, 0.15) is 17.4 Å². The average molecular weight is 368 g/mol. The third-order valence-electron chi connectivity index (χ3n) is 4.27. The summed E-state index contributed by atoms with van der Waals surface area (Å²) < 4.78 is 21.8. The molecule has 1 aliphatic rings. The minimum Gasteiger partial charge on any atom is -0.493 e. The normalized spacial score (nSPS) is 18.4. The number of benzene rings is 1. The van der Waals surface area contributed by atoms with Gasteiger partial charge in [-0.05, 0) is 38.5 Å². The van der Waals surface area contributed by atoms with Gasteiger partial charge in [-0.2, -0.15) is 5.26 Å². The van der Waals surface area contributed by atoms with E-state index in [4.69, 9.17) is 24.0 Å². The molecule has 2 aromatic rings. The summed E-state index contributed by atoms with van der Waals surface area (Å²) in [6.45, 7) is 5.44. The maximum atomic E-state index is 12.5. The van der Waals surface area contributed by atoms with Crippen molar-refractivity contribution in [1.82, 2.24) is 0 Å². The third-order valence-corrected chi connectivity index (χ3v) is 4.27. The number of hydrogen-bond acceptors (Lipinski definition) is 7. The van der Waals surface area contributed by atoms with Crippen LogP contribution in [0.1, 0.15) is 36.7 Å². The van der Waals surface area contributed by atoms with Gasteiger partial charge in [0.05, 0.1) is 24.8 Å². The highest BCUT2D eigenvalue weighted by molar-refractivity contribution is 5.85. The first-order valence-electron chi connectivity index (χ1n) is 8.50. The van der Waals surface area contributed by atoms with Gasteiger partial charge in [-0.25, -0.2) is 4.79 Å². The van der Waals surface area contributed by atoms with Crippen molar-refractivity contribution in [3.8, 4) is 23.3 Å². The summed E-state index contributed by atoms with van der Waals surface area (Å²) in [6, 6.07) is 8.83. The van der Waals surface area contributed by atoms with Crippen LogP contribution in [0.25, 0.3) is 0 Å². The molecule has 0 saturated carbocycles. The number of hydrogen-bond donors (Lipinski definition) is 1. The Hall–Kier alpha value is -3.27. The van der Waals surface area contributed by atoms with Crippen molar-refractivity contribution in [2.45, 2.75) is 32.8 Å². The predicted octanol–water partition coefficient (Wildman–Crippen LogP) is 3.39. The fourth-order valence-electron chi connectivity index (χ4n) is 3.18. The predicted molar refractivity (Wildman–Crippen MR) is 97.8 cm³/mol. The zero-order valence-corrected chi connectivity index (χ0v) is 15.5. The molecule has 1 N–H and O–H groups in total. The fourth-order valence-corrected chi connectivity index (χ4v) is 3.18. The van der Waals surface area contributed by atoms with Crippen LogP contribution in [0.5, 0.6) is 17.2 Å². The van der Waals surface area contributed by atoms with Gasteiger partial charge in [0.25, 0.3) is 0 Å². The Kier molecular flexibility index (Phi) is 4.91. The largest absolute Gasteiger partial charge is 0.493 e. The maximum absolute atomic E-state index is 12.5. The van der Waals surface area contributed by atoms with Crippen LogP contribution in [-0.4, -0.2) is 19.1 Å². The molecule has 1 aliphatic heterocycles. The molecule has 140 valence electrons. The van der Waals surface area contributed by atoms with Gasteiger partial charge < -0.3 is 18.6 Å². The van der Waals surface area contributed by atoms with E-state index in [9.17, 15) is 10.1 Å². The highest BCUT2D eigenvalue weighted by Gasteiger charge is 2.40. The number of aryl methyl sites for hydroxylation is 1. The van der Waals surface area contributed by atoms with Crippen molar-refractivity contribution >= 4 is 5.90 Å². The lowest BCUT2D eigenvalue weighted by atomic mass is 9.79. The Morgan fingerprint density at radius 1 is 1.26 bits per heavy atom. The Balaban J connectivity index is 2.19. The first-order valence-corrected chi connectivity index (χ1v) is 8.50. The van der Waals surface area contributed by atoms with Crippen molar-refractivity contribution in [2.24, 2.45) is 5.92 Å². The number of fused-ring (bicyclic) bond motifs is 1. The summed E-state index contributed by atoms with van der Waals surface area (Å²) in [4.78, 5) is 12.5. The van der Waals surface area contributed by atoms with Crippen LogP contribution in [-0.2, 0) is 0 Å². The van der Waals surface area contributed by atoms with Crippen LogP contribution in [0, 0.1) is 29.6 Å². The molecule has 3 rings (SSSR count). The summed E-state index contributed by atoms with van der Waals surface area (Å²) in [5.74, 6) is -0.209. The van der Waals surface area contributed by atoms with Crippen LogP contribution >= 0.6 is 0 Å². The fraction of sp³-hybridized carbons (Fsp3) is 0.350. The zero-order chi connectivity index (χ0) is 19.7. The van der Waals surface area contributed by atoms with Gasteiger partial charge in [0, 0.05) is 12.0 Å². The van der Waals surface area contributed by atoms with Crippen LogP contribution in [0.15, 0.2) is 33.5 Å². The van der Waals surface area contributed by atoms with Gasteiger partial charge in [0.15, 0.2) is 11.5 Å². The second-order valence-corrected chi connectivity index (χ2v) is 6.55. The maximum Gasteiger partial charge on any atom is 0.343 e. The van der Waals surface area contributed by atoms with E-state index >= 15 is 0 Å². The molecular formula is C20H20N2O5. The molecule has 27 heavy (non-hydrogen) atoms. The SMILES string of the molecule is COc1cc(C2c3c(cc(C)oc3=O)OC(=N)C2C#N)ccc1OC(C)C. The quantitative estimate of drug-likeness (QED) is 0.887. The molecule has 7 nitrogen and oxygen atoms in total. The van der Waals surface area contributed by atoms with E-state index in [1.807, 2.05) is 13.8 Å². The van der Waals surface area contributed by atoms with Gasteiger partial charge in [-0.15, -0.1) is 0 Å². The monoisotopic (exact) mass is 368 g/mol. The van der Waals surface area contributed by atoms with Gasteiger partial charge in [-0.3, -0.25) is 5.41 Å². The van der Waals surface area contributed by atoms with E-state index in [0.29, 0.717) is 22.8 Å². The molecule has 2 atom stereocenters. The van der Waals surface area contributed by atoms with Crippen molar-refractivity contribution in [2.75, 3.05) is 7.11 Å². The lowest BCUT2D eigenvalue weighted by Gasteiger charge is -2.29. The summed E-state index contributed by atoms with van der Waals surface area (Å²) in [6.07, 6.45) is -0.0383. The topological polar surface area (TPSA) is 106 Å². The second kappa shape index (κ2) is 7.16. The lowest BCUT2D eigenvalue weighted by molar-refractivity contribution is 0.230. The third kappa shape index (κ3) is 3.38. The molecule has 0 saturated heterocycles. The van der Waals surface area contributed by atoms with Gasteiger partial charge >= 0.3 is 5.63 Å². The van der Waals surface area contributed by atoms with E-state index in [2.05, 4.69) is 6.07 Å². The van der Waals surface area contributed by atoms with E-state index in [1.165, 1.54) is 7.11 Å². The molecule has 1 aromatic carbocycles. The lowest BCUT2D eigenvalue weighted by Crippen LogP contribution is -2.34. The van der Waals surface area contributed by atoms with Crippen LogP contribution in [0.3, 0.4) is 0 Å². The van der Waals surface area contributed by atoms with Crippen molar-refractivity contribution < 1.29 is 18.6 Å². The number of nitriles is 1. The number of nitrogens with zero attached hydrogens (tertiary/aromatic N) is 1. The molecular weight excluding hydrogens is 348 g/mol. The number of rotatable bonds is 4. The summed E-state index contributed by atoms with van der Waals surface area (Å²) in [5.41, 5.74) is 0.284. The molecule has 2 unspecified atom stereocenters. The molecule has 0 spiro atoms. The smallest absolute Gasteiger partial charge is 0.343 e. The molecule has 0 bridgehead atoms. The highest BCUT2D eigenvalue weighted by atomic mass is 16.5. The van der Waals surface area contributed by atoms with Gasteiger partial charge in [-0.1, -0.05) is 6.07 Å². The molecule has 0 radical (unpaired) electrons. The standard InChI is InChI=1S/C20H20N2O5/c1-10(2)25-14-6-5-12(8-15(14)24-4)17-13(9-21)19(22)27-16-7-11(3)26-20(23)18(16)17/h5-8,10,13,17,22H,1-4H3. The summed E-state index contributed by atoms with van der Waals surface area (Å²) >= 11 is 0. The number of ether oxygens (including phenoxy) is 3. The van der Waals surface area contributed by atoms with Crippen molar-refractivity contribution in [1.29, 1.82) is 10.7 Å². The van der Waals surface area contributed by atoms with E-state index < -0.39 is 17.5 Å². The molecule has 0 amide bonds. The molecule has 7 heteroatoms. The molecule has 2 heterocycles. The minimum atomic E-state index is -0.954. The first-order chi connectivity index (χ1) is 12.8. The average Bonchev–Trinajstić information content (AvgIpc) is 2.60. The van der Waals surface area contributed by atoms with E-state index in [0.717, 1.165) is 0 Å². The minimum absolute atomic E-state index is 0.0383. The van der Waals surface area contributed by atoms with E-state index in [1.54, 1.807) is 31.2 Å². The van der Waals surface area contributed by atoms with Crippen LogP contribution in [0.4, 0.5) is 0 Å². The number of methoxy groups -OCH3 is 1. The molecule has 1 aromatic heterocycles. The second-order valence-electron chi connectivity index (χ2n) is 6.55. The van der Waals surface area contributed by atoms with Crippen LogP contribution in [0.2, 0.25) is 0 Å². The van der Waals surface area contributed by atoms with Crippen molar-refractivity contribution in [3.63, 3.8) is 0 Å². The molecule has 0 fully saturated rings. The summed E-state index contributed by atoms with van der Waals surface area (Å²) in [7, 11) is 1.52. The Labute approximate surface area is 156 Å². The Morgan fingerprint density at radius 3 is 2.63 bits per heavy atom. The number of nitrogens with one attached hydrogen (secondary N) is 1. The summed E-state index contributed by atoms with van der Waals surface area (Å²) in [5, 5.41) is 17.7. The highest BCUT2D eigenvalue weighted by Crippen LogP contribution is 2.42. The first kappa shape index (κ1) is 18.5. The van der Waals surface area contributed by atoms with Crippen molar-refractivity contribution in [3.05, 3.63) is 51.6 Å². The van der Waals surface area contributed by atoms with E-state index in [-0.39, 0.29) is 23.3 Å². The Morgan fingerprint density at radius 2 is 2.00 bits per heavy atom.